The zero-order valence-electron chi connectivity index (χ0n) is 9.79. The molecule has 0 radical (unpaired) electrons. The smallest absolute Gasteiger partial charge is 0.309 e. The van der Waals surface area contributed by atoms with Crippen molar-refractivity contribution in [1.82, 2.24) is 14.7 Å². The Labute approximate surface area is 98.2 Å². The van der Waals surface area contributed by atoms with Crippen LogP contribution in [0.25, 0.3) is 0 Å². The maximum Gasteiger partial charge on any atom is 0.309 e. The van der Waals surface area contributed by atoms with E-state index in [4.69, 9.17) is 0 Å². The minimum absolute atomic E-state index is 0.0320. The van der Waals surface area contributed by atoms with Gasteiger partial charge in [-0.1, -0.05) is 0 Å². The van der Waals surface area contributed by atoms with E-state index < -0.39 is 4.92 Å². The number of carbonyl (C=O) groups excluding carboxylic acids is 1. The topological polar surface area (TPSA) is 81.3 Å². The van der Waals surface area contributed by atoms with Crippen LogP contribution in [0, 0.1) is 17.0 Å². The Morgan fingerprint density at radius 2 is 2.29 bits per heavy atom. The quantitative estimate of drug-likeness (QED) is 0.566. The molecule has 1 amide bonds. The molecule has 1 saturated heterocycles. The molecule has 1 unspecified atom stereocenters. The van der Waals surface area contributed by atoms with E-state index in [0.717, 1.165) is 0 Å². The largest absolute Gasteiger partial charge is 0.344 e. The predicted molar refractivity (Wildman–Crippen MR) is 59.5 cm³/mol. The highest BCUT2D eigenvalue weighted by Crippen LogP contribution is 2.26. The lowest BCUT2D eigenvalue weighted by Gasteiger charge is -2.30. The first-order valence-corrected chi connectivity index (χ1v) is 5.43. The number of piperidine rings is 1. The van der Waals surface area contributed by atoms with Crippen LogP contribution in [-0.2, 0) is 4.79 Å². The van der Waals surface area contributed by atoms with Crippen LogP contribution in [0.15, 0.2) is 6.20 Å². The molecule has 1 aliphatic rings. The van der Waals surface area contributed by atoms with Crippen LogP contribution in [0.3, 0.4) is 0 Å². The van der Waals surface area contributed by atoms with Crippen molar-refractivity contribution in [3.63, 3.8) is 0 Å². The van der Waals surface area contributed by atoms with Crippen molar-refractivity contribution in [2.75, 3.05) is 13.6 Å². The van der Waals surface area contributed by atoms with Gasteiger partial charge in [-0.2, -0.15) is 5.10 Å². The number of hydrogen-bond acceptors (Lipinski definition) is 4. The molecule has 0 aromatic carbocycles. The number of likely N-dealkylation sites (N-methyl/N-ethyl adjacent to an activating group) is 1. The summed E-state index contributed by atoms with van der Waals surface area (Å²) >= 11 is 0. The highest BCUT2D eigenvalue weighted by atomic mass is 16.6. The first-order chi connectivity index (χ1) is 8.00. The Kier molecular flexibility index (Phi) is 2.83. The van der Waals surface area contributed by atoms with Crippen LogP contribution in [0.1, 0.15) is 24.6 Å². The van der Waals surface area contributed by atoms with E-state index in [1.54, 1.807) is 23.6 Å². The van der Waals surface area contributed by atoms with Gasteiger partial charge in [-0.3, -0.25) is 19.6 Å². The van der Waals surface area contributed by atoms with Crippen molar-refractivity contribution in [3.8, 4) is 0 Å². The Balaban J connectivity index is 2.23. The fourth-order valence-electron chi connectivity index (χ4n) is 2.15. The van der Waals surface area contributed by atoms with Gasteiger partial charge in [0.1, 0.15) is 11.9 Å². The third-order valence-electron chi connectivity index (χ3n) is 3.16. The highest BCUT2D eigenvalue weighted by Gasteiger charge is 2.28. The molecule has 1 aromatic rings. The zero-order chi connectivity index (χ0) is 12.6. The molecular weight excluding hydrogens is 224 g/mol. The van der Waals surface area contributed by atoms with Crippen LogP contribution in [0.4, 0.5) is 5.69 Å². The second-order valence-corrected chi connectivity index (χ2v) is 4.28. The highest BCUT2D eigenvalue weighted by molar-refractivity contribution is 5.76. The molecule has 7 nitrogen and oxygen atoms in total. The van der Waals surface area contributed by atoms with Gasteiger partial charge in [0.15, 0.2) is 0 Å². The standard InChI is InChI=1S/C10H14N4O3/c1-7-9(14(16)17)5-11-13(7)8-3-4-10(15)12(2)6-8/h5,8H,3-4,6H2,1-2H3. The summed E-state index contributed by atoms with van der Waals surface area (Å²) in [7, 11) is 1.74. The molecule has 0 bridgehead atoms. The van der Waals surface area contributed by atoms with Gasteiger partial charge in [0.2, 0.25) is 5.91 Å². The summed E-state index contributed by atoms with van der Waals surface area (Å²) in [6, 6.07) is 0.0337. The molecule has 1 atom stereocenters. The first kappa shape index (κ1) is 11.6. The van der Waals surface area contributed by atoms with E-state index in [1.165, 1.54) is 6.20 Å². The van der Waals surface area contributed by atoms with Crippen molar-refractivity contribution in [2.24, 2.45) is 0 Å². The number of likely N-dealkylation sites (tertiary alicyclic amines) is 1. The molecule has 2 heterocycles. The molecule has 0 aliphatic carbocycles. The summed E-state index contributed by atoms with van der Waals surface area (Å²) in [6.07, 6.45) is 2.42. The van der Waals surface area contributed by atoms with Crippen molar-refractivity contribution in [2.45, 2.75) is 25.8 Å². The molecule has 17 heavy (non-hydrogen) atoms. The summed E-state index contributed by atoms with van der Waals surface area (Å²) in [4.78, 5) is 23.3. The minimum Gasteiger partial charge on any atom is -0.344 e. The Morgan fingerprint density at radius 1 is 1.59 bits per heavy atom. The summed E-state index contributed by atoms with van der Waals surface area (Å²) in [5, 5.41) is 14.8. The lowest BCUT2D eigenvalue weighted by atomic mass is 10.1. The zero-order valence-corrected chi connectivity index (χ0v) is 9.79. The lowest BCUT2D eigenvalue weighted by Crippen LogP contribution is -2.38. The van der Waals surface area contributed by atoms with Gasteiger partial charge in [0.25, 0.3) is 0 Å². The summed E-state index contributed by atoms with van der Waals surface area (Å²) in [5.41, 5.74) is 0.576. The normalized spacial score (nSPS) is 20.7. The maximum atomic E-state index is 11.4. The molecule has 1 aromatic heterocycles. The number of aromatic nitrogens is 2. The fraction of sp³-hybridized carbons (Fsp3) is 0.600. The van der Waals surface area contributed by atoms with E-state index >= 15 is 0 Å². The molecule has 92 valence electrons. The maximum absolute atomic E-state index is 11.4. The molecule has 1 fully saturated rings. The van der Waals surface area contributed by atoms with E-state index in [1.807, 2.05) is 0 Å². The Hall–Kier alpha value is -1.92. The molecular formula is C10H14N4O3. The second-order valence-electron chi connectivity index (χ2n) is 4.28. The van der Waals surface area contributed by atoms with Gasteiger partial charge in [0.05, 0.1) is 11.0 Å². The third kappa shape index (κ3) is 2.00. The molecule has 1 aliphatic heterocycles. The fourth-order valence-corrected chi connectivity index (χ4v) is 2.15. The average molecular weight is 238 g/mol. The van der Waals surface area contributed by atoms with E-state index in [-0.39, 0.29) is 17.6 Å². The monoisotopic (exact) mass is 238 g/mol. The summed E-state index contributed by atoms with van der Waals surface area (Å²) in [5.74, 6) is 0.112. The van der Waals surface area contributed by atoms with Gasteiger partial charge < -0.3 is 4.90 Å². The van der Waals surface area contributed by atoms with E-state index in [0.29, 0.717) is 25.1 Å². The molecule has 2 rings (SSSR count). The number of nitro groups is 1. The number of hydrogen-bond donors (Lipinski definition) is 0. The third-order valence-corrected chi connectivity index (χ3v) is 3.16. The number of nitrogens with zero attached hydrogens (tertiary/aromatic N) is 4. The van der Waals surface area contributed by atoms with Crippen LogP contribution in [-0.4, -0.2) is 39.1 Å². The van der Waals surface area contributed by atoms with Crippen LogP contribution < -0.4 is 0 Å². The van der Waals surface area contributed by atoms with Gasteiger partial charge in [-0.25, -0.2) is 0 Å². The van der Waals surface area contributed by atoms with Gasteiger partial charge >= 0.3 is 5.69 Å². The van der Waals surface area contributed by atoms with Crippen molar-refractivity contribution in [1.29, 1.82) is 0 Å². The van der Waals surface area contributed by atoms with Crippen molar-refractivity contribution < 1.29 is 9.72 Å². The second kappa shape index (κ2) is 4.15. The first-order valence-electron chi connectivity index (χ1n) is 5.43. The SMILES string of the molecule is Cc1c([N+](=O)[O-])cnn1C1CCC(=O)N(C)C1. The number of rotatable bonds is 2. The summed E-state index contributed by atoms with van der Waals surface area (Å²) < 4.78 is 1.65. The average Bonchev–Trinajstić information content (AvgIpc) is 2.64. The number of carbonyl (C=O) groups is 1. The molecule has 0 saturated carbocycles. The van der Waals surface area contributed by atoms with Gasteiger partial charge in [-0.15, -0.1) is 0 Å². The molecule has 0 N–H and O–H groups in total. The van der Waals surface area contributed by atoms with Gasteiger partial charge in [-0.05, 0) is 13.3 Å². The van der Waals surface area contributed by atoms with Crippen LogP contribution >= 0.6 is 0 Å². The molecule has 0 spiro atoms. The van der Waals surface area contributed by atoms with Crippen LogP contribution in [0.5, 0.6) is 0 Å². The molecule has 7 heteroatoms. The van der Waals surface area contributed by atoms with Crippen LogP contribution in [0.2, 0.25) is 0 Å². The Morgan fingerprint density at radius 3 is 2.82 bits per heavy atom. The van der Waals surface area contributed by atoms with Gasteiger partial charge in [0, 0.05) is 20.0 Å². The predicted octanol–water partition coefficient (Wildman–Crippen LogP) is 0.893. The van der Waals surface area contributed by atoms with E-state index in [2.05, 4.69) is 5.10 Å². The summed E-state index contributed by atoms with van der Waals surface area (Å²) in [6.45, 7) is 2.24. The Bertz CT molecular complexity index is 468. The lowest BCUT2D eigenvalue weighted by molar-refractivity contribution is -0.385. The van der Waals surface area contributed by atoms with Crippen molar-refractivity contribution >= 4 is 11.6 Å². The van der Waals surface area contributed by atoms with E-state index in [9.17, 15) is 14.9 Å². The van der Waals surface area contributed by atoms with Crippen molar-refractivity contribution in [3.05, 3.63) is 22.0 Å². The minimum atomic E-state index is -0.434. The number of amides is 1.